The van der Waals surface area contributed by atoms with Crippen molar-refractivity contribution in [3.05, 3.63) is 64.0 Å². The summed E-state index contributed by atoms with van der Waals surface area (Å²) in [6.45, 7) is 4.01. The van der Waals surface area contributed by atoms with Crippen LogP contribution < -0.4 is 10.2 Å². The van der Waals surface area contributed by atoms with Gasteiger partial charge in [-0.2, -0.15) is 10.4 Å². The van der Waals surface area contributed by atoms with Crippen LogP contribution in [0.1, 0.15) is 16.1 Å². The van der Waals surface area contributed by atoms with Crippen LogP contribution in [-0.4, -0.2) is 17.8 Å². The van der Waals surface area contributed by atoms with Gasteiger partial charge in [-0.3, -0.25) is 5.43 Å². The second-order valence-electron chi connectivity index (χ2n) is 5.77. The Kier molecular flexibility index (Phi) is 5.30. The van der Waals surface area contributed by atoms with Crippen LogP contribution in [0.25, 0.3) is 11.3 Å². The summed E-state index contributed by atoms with van der Waals surface area (Å²) in [7, 11) is 1.63. The lowest BCUT2D eigenvalue weighted by Crippen LogP contribution is -2.02. The van der Waals surface area contributed by atoms with Crippen molar-refractivity contribution in [2.24, 2.45) is 5.10 Å². The number of benzene rings is 2. The van der Waals surface area contributed by atoms with Crippen molar-refractivity contribution in [2.75, 3.05) is 12.5 Å². The molecule has 3 aromatic rings. The van der Waals surface area contributed by atoms with Gasteiger partial charge >= 0.3 is 0 Å². The van der Waals surface area contributed by atoms with E-state index in [0.29, 0.717) is 5.01 Å². The fourth-order valence-electron chi connectivity index (χ4n) is 2.37. The number of ether oxygens (including phenoxy) is 1. The molecule has 6 heteroatoms. The number of hydrogen-bond donors (Lipinski definition) is 1. The molecule has 0 fully saturated rings. The summed E-state index contributed by atoms with van der Waals surface area (Å²) in [4.78, 5) is 4.54. The maximum absolute atomic E-state index is 9.46. The number of thiazole rings is 1. The highest BCUT2D eigenvalue weighted by Gasteiger charge is 2.11. The van der Waals surface area contributed by atoms with Crippen LogP contribution in [0.5, 0.6) is 5.75 Å². The first kappa shape index (κ1) is 17.6. The Hall–Kier alpha value is -3.17. The predicted molar refractivity (Wildman–Crippen MR) is 106 cm³/mol. The number of hydrogen-bond acceptors (Lipinski definition) is 6. The molecule has 1 N–H and O–H groups in total. The largest absolute Gasteiger partial charge is 0.497 e. The minimum atomic E-state index is 0.260. The molecule has 0 spiro atoms. The van der Waals surface area contributed by atoms with Gasteiger partial charge in [-0.25, -0.2) is 4.98 Å². The maximum atomic E-state index is 9.46. The molecule has 0 radical (unpaired) electrons. The lowest BCUT2D eigenvalue weighted by atomic mass is 10.1. The Balaban J connectivity index is 1.83. The van der Waals surface area contributed by atoms with E-state index in [9.17, 15) is 5.26 Å². The number of hydrazone groups is 1. The molecule has 0 saturated carbocycles. The van der Waals surface area contributed by atoms with Crippen molar-refractivity contribution < 1.29 is 4.74 Å². The molecule has 0 saturated heterocycles. The summed E-state index contributed by atoms with van der Waals surface area (Å²) in [5.74, 6) is 0.793. The van der Waals surface area contributed by atoms with Crippen molar-refractivity contribution >= 4 is 22.7 Å². The Bertz CT molecular complexity index is 984. The van der Waals surface area contributed by atoms with E-state index in [4.69, 9.17) is 4.74 Å². The molecule has 3 rings (SSSR count). The van der Waals surface area contributed by atoms with E-state index in [1.54, 1.807) is 7.11 Å². The normalized spacial score (nSPS) is 11.1. The van der Waals surface area contributed by atoms with Crippen LogP contribution in [0.4, 0.5) is 5.69 Å². The molecule has 0 unspecified atom stereocenters. The number of nitriles is 1. The summed E-state index contributed by atoms with van der Waals surface area (Å²) in [6.07, 6.45) is 0. The fraction of sp³-hybridized carbons (Fsp3) is 0.150. The molecule has 0 bridgehead atoms. The van der Waals surface area contributed by atoms with E-state index >= 15 is 0 Å². The molecule has 1 aromatic heterocycles. The summed E-state index contributed by atoms with van der Waals surface area (Å²) in [5, 5.41) is 16.2. The minimum absolute atomic E-state index is 0.260. The molecule has 1 heterocycles. The van der Waals surface area contributed by atoms with Gasteiger partial charge in [-0.1, -0.05) is 12.1 Å². The van der Waals surface area contributed by atoms with E-state index in [-0.39, 0.29) is 5.71 Å². The number of methoxy groups -OCH3 is 1. The number of anilines is 1. The van der Waals surface area contributed by atoms with Crippen LogP contribution in [0.2, 0.25) is 0 Å². The zero-order valence-corrected chi connectivity index (χ0v) is 15.6. The van der Waals surface area contributed by atoms with Gasteiger partial charge in [0.05, 0.1) is 18.5 Å². The lowest BCUT2D eigenvalue weighted by molar-refractivity contribution is 0.415. The molecule has 0 atom stereocenters. The number of nitrogens with one attached hydrogen (secondary N) is 1. The zero-order valence-electron chi connectivity index (χ0n) is 14.8. The standard InChI is InChI=1S/C20H18N4OS/c1-13-4-5-14(2)17(10-13)23-24-18(11-21)20-22-19(12-26-20)15-6-8-16(25-3)9-7-15/h4-10,12,23H,1-3H3. The average Bonchev–Trinajstić information content (AvgIpc) is 3.15. The van der Waals surface area contributed by atoms with Crippen molar-refractivity contribution in [3.63, 3.8) is 0 Å². The molecular weight excluding hydrogens is 344 g/mol. The van der Waals surface area contributed by atoms with Crippen LogP contribution in [-0.2, 0) is 0 Å². The van der Waals surface area contributed by atoms with E-state index < -0.39 is 0 Å². The molecule has 0 aliphatic carbocycles. The quantitative estimate of drug-likeness (QED) is 0.524. The zero-order chi connectivity index (χ0) is 18.5. The van der Waals surface area contributed by atoms with Gasteiger partial charge in [0.25, 0.3) is 0 Å². The van der Waals surface area contributed by atoms with Crippen LogP contribution in [0.3, 0.4) is 0 Å². The van der Waals surface area contributed by atoms with E-state index in [2.05, 4.69) is 21.6 Å². The predicted octanol–water partition coefficient (Wildman–Crippen LogP) is 4.78. The molecule has 130 valence electrons. The highest BCUT2D eigenvalue weighted by molar-refractivity contribution is 7.12. The number of aryl methyl sites for hydroxylation is 2. The van der Waals surface area contributed by atoms with Gasteiger partial charge in [0, 0.05) is 10.9 Å². The Morgan fingerprint density at radius 1 is 1.19 bits per heavy atom. The van der Waals surface area contributed by atoms with Crippen LogP contribution in [0.15, 0.2) is 52.9 Å². The Morgan fingerprint density at radius 2 is 1.96 bits per heavy atom. The lowest BCUT2D eigenvalue weighted by Gasteiger charge is -2.06. The van der Waals surface area contributed by atoms with E-state index in [0.717, 1.165) is 33.8 Å². The molecule has 2 aromatic carbocycles. The van der Waals surface area contributed by atoms with Gasteiger partial charge in [0.1, 0.15) is 11.8 Å². The minimum Gasteiger partial charge on any atom is -0.497 e. The first-order chi connectivity index (χ1) is 12.6. The summed E-state index contributed by atoms with van der Waals surface area (Å²) < 4.78 is 5.17. The van der Waals surface area contributed by atoms with E-state index in [1.807, 2.05) is 61.7 Å². The smallest absolute Gasteiger partial charge is 0.196 e. The summed E-state index contributed by atoms with van der Waals surface area (Å²) in [6, 6.07) is 15.8. The third-order valence-electron chi connectivity index (χ3n) is 3.88. The van der Waals surface area contributed by atoms with Crippen molar-refractivity contribution in [1.29, 1.82) is 5.26 Å². The molecule has 5 nitrogen and oxygen atoms in total. The number of aromatic nitrogens is 1. The second-order valence-corrected chi connectivity index (χ2v) is 6.63. The second kappa shape index (κ2) is 7.81. The van der Waals surface area contributed by atoms with E-state index in [1.165, 1.54) is 11.3 Å². The molecule has 0 aliphatic rings. The monoisotopic (exact) mass is 362 g/mol. The van der Waals surface area contributed by atoms with Gasteiger partial charge < -0.3 is 4.74 Å². The van der Waals surface area contributed by atoms with Gasteiger partial charge in [0.15, 0.2) is 10.7 Å². The third-order valence-corrected chi connectivity index (χ3v) is 4.73. The third kappa shape index (κ3) is 3.90. The Morgan fingerprint density at radius 3 is 2.65 bits per heavy atom. The van der Waals surface area contributed by atoms with Crippen molar-refractivity contribution in [2.45, 2.75) is 13.8 Å². The fourth-order valence-corrected chi connectivity index (χ4v) is 3.14. The maximum Gasteiger partial charge on any atom is 0.196 e. The van der Waals surface area contributed by atoms with Gasteiger partial charge in [-0.15, -0.1) is 11.3 Å². The Labute approximate surface area is 156 Å². The highest BCUT2D eigenvalue weighted by atomic mass is 32.1. The van der Waals surface area contributed by atoms with Crippen LogP contribution in [0, 0.1) is 25.2 Å². The first-order valence-electron chi connectivity index (χ1n) is 8.02. The highest BCUT2D eigenvalue weighted by Crippen LogP contribution is 2.24. The van der Waals surface area contributed by atoms with Gasteiger partial charge in [0.2, 0.25) is 0 Å². The van der Waals surface area contributed by atoms with Gasteiger partial charge in [-0.05, 0) is 55.3 Å². The average molecular weight is 362 g/mol. The summed E-state index contributed by atoms with van der Waals surface area (Å²) in [5.41, 5.74) is 8.09. The van der Waals surface area contributed by atoms with Crippen molar-refractivity contribution in [1.82, 2.24) is 4.98 Å². The number of nitrogens with zero attached hydrogens (tertiary/aromatic N) is 3. The molecule has 26 heavy (non-hydrogen) atoms. The molecule has 0 amide bonds. The van der Waals surface area contributed by atoms with Crippen LogP contribution >= 0.6 is 11.3 Å². The topological polar surface area (TPSA) is 70.3 Å². The first-order valence-corrected chi connectivity index (χ1v) is 8.90. The number of rotatable bonds is 5. The molecule has 0 aliphatic heterocycles. The van der Waals surface area contributed by atoms with Crippen molar-refractivity contribution in [3.8, 4) is 23.1 Å². The molecular formula is C20H18N4OS. The SMILES string of the molecule is COc1ccc(-c2csc(C(C#N)=NNc3cc(C)ccc3C)n2)cc1. The summed E-state index contributed by atoms with van der Waals surface area (Å²) >= 11 is 1.39.